The quantitative estimate of drug-likeness (QED) is 0.457. The van der Waals surface area contributed by atoms with E-state index in [4.69, 9.17) is 4.74 Å². The Bertz CT molecular complexity index is 1020. The molecule has 0 unspecified atom stereocenters. The first-order valence-electron chi connectivity index (χ1n) is 11.3. The van der Waals surface area contributed by atoms with Gasteiger partial charge < -0.3 is 4.74 Å². The van der Waals surface area contributed by atoms with Crippen molar-refractivity contribution in [2.75, 3.05) is 39.4 Å². The molecule has 32 heavy (non-hydrogen) atoms. The van der Waals surface area contributed by atoms with Crippen LogP contribution in [0.15, 0.2) is 65.6 Å². The fraction of sp³-hybridized carbons (Fsp3) is 0.385. The highest BCUT2D eigenvalue weighted by molar-refractivity contribution is 8.22. The van der Waals surface area contributed by atoms with Gasteiger partial charge in [0.05, 0.1) is 18.1 Å². The van der Waals surface area contributed by atoms with Crippen molar-refractivity contribution in [3.8, 4) is 0 Å². The standard InChI is InChI=1S/C26H34N2O3S/c1-21-17-22(2)19-23(18-21)20-28(12-6-11-27-13-15-31-16-14-27)32(29,30)26-10-5-8-24-7-3-4-9-25(24)26/h3-5,7-10,17-19,29-30H,6,11-16,20H2,1-2H3. The van der Waals surface area contributed by atoms with Gasteiger partial charge >= 0.3 is 0 Å². The fourth-order valence-electron chi connectivity index (χ4n) is 4.53. The molecule has 0 aromatic heterocycles. The van der Waals surface area contributed by atoms with E-state index in [1.165, 1.54) is 11.1 Å². The molecule has 0 spiro atoms. The average Bonchev–Trinajstić information content (AvgIpc) is 2.78. The summed E-state index contributed by atoms with van der Waals surface area (Å²) < 4.78 is 30.6. The van der Waals surface area contributed by atoms with Crippen LogP contribution in [-0.4, -0.2) is 57.7 Å². The molecule has 1 aliphatic rings. The molecule has 1 fully saturated rings. The summed E-state index contributed by atoms with van der Waals surface area (Å²) in [5.41, 5.74) is 3.49. The van der Waals surface area contributed by atoms with Crippen LogP contribution in [0.3, 0.4) is 0 Å². The minimum Gasteiger partial charge on any atom is -0.379 e. The summed E-state index contributed by atoms with van der Waals surface area (Å²) in [5, 5.41) is 1.92. The molecular formula is C26H34N2O3S. The van der Waals surface area contributed by atoms with Gasteiger partial charge in [0.25, 0.3) is 0 Å². The molecule has 2 N–H and O–H groups in total. The van der Waals surface area contributed by atoms with Gasteiger partial charge in [0, 0.05) is 31.6 Å². The van der Waals surface area contributed by atoms with E-state index in [2.05, 4.69) is 36.9 Å². The largest absolute Gasteiger partial charge is 0.379 e. The Morgan fingerprint density at radius 2 is 1.62 bits per heavy atom. The molecule has 0 amide bonds. The summed E-state index contributed by atoms with van der Waals surface area (Å²) >= 11 is 0. The van der Waals surface area contributed by atoms with Crippen molar-refractivity contribution in [2.24, 2.45) is 0 Å². The second kappa shape index (κ2) is 10.3. The van der Waals surface area contributed by atoms with Gasteiger partial charge in [-0.15, -0.1) is 10.8 Å². The van der Waals surface area contributed by atoms with Crippen LogP contribution in [0.2, 0.25) is 0 Å². The minimum atomic E-state index is -3.16. The highest BCUT2D eigenvalue weighted by Crippen LogP contribution is 2.54. The number of fused-ring (bicyclic) bond motifs is 1. The molecule has 0 aliphatic carbocycles. The molecular weight excluding hydrogens is 420 g/mol. The molecule has 5 nitrogen and oxygen atoms in total. The van der Waals surface area contributed by atoms with Gasteiger partial charge in [-0.25, -0.2) is 0 Å². The smallest absolute Gasteiger partial charge is 0.0831 e. The van der Waals surface area contributed by atoms with Gasteiger partial charge in [-0.05, 0) is 43.8 Å². The lowest BCUT2D eigenvalue weighted by molar-refractivity contribution is 0.0367. The summed E-state index contributed by atoms with van der Waals surface area (Å²) in [4.78, 5) is 2.99. The zero-order chi connectivity index (χ0) is 22.6. The van der Waals surface area contributed by atoms with Crippen molar-refractivity contribution in [1.82, 2.24) is 9.21 Å². The number of benzene rings is 3. The molecule has 6 heteroatoms. The lowest BCUT2D eigenvalue weighted by atomic mass is 10.1. The Morgan fingerprint density at radius 3 is 2.38 bits per heavy atom. The number of morpholine rings is 1. The second-order valence-electron chi connectivity index (χ2n) is 8.66. The molecule has 1 heterocycles. The van der Waals surface area contributed by atoms with Crippen LogP contribution >= 0.6 is 10.8 Å². The molecule has 0 bridgehead atoms. The van der Waals surface area contributed by atoms with Gasteiger partial charge in [0.2, 0.25) is 0 Å². The van der Waals surface area contributed by atoms with Crippen molar-refractivity contribution in [3.63, 3.8) is 0 Å². The van der Waals surface area contributed by atoms with Crippen LogP contribution in [0.25, 0.3) is 10.8 Å². The molecule has 0 atom stereocenters. The normalized spacial score (nSPS) is 16.0. The molecule has 0 radical (unpaired) electrons. The molecule has 0 saturated carbocycles. The van der Waals surface area contributed by atoms with E-state index in [0.717, 1.165) is 55.6 Å². The maximum atomic E-state index is 11.6. The summed E-state index contributed by atoms with van der Waals surface area (Å²) in [6.07, 6.45) is 0.867. The Labute approximate surface area is 193 Å². The summed E-state index contributed by atoms with van der Waals surface area (Å²) in [6, 6.07) is 20.1. The van der Waals surface area contributed by atoms with Crippen molar-refractivity contribution < 1.29 is 13.8 Å². The predicted molar refractivity (Wildman–Crippen MR) is 133 cm³/mol. The number of hydrogen-bond donors (Lipinski definition) is 2. The first kappa shape index (κ1) is 23.2. The lowest BCUT2D eigenvalue weighted by Crippen LogP contribution is -2.38. The predicted octanol–water partition coefficient (Wildman–Crippen LogP) is 5.71. The molecule has 3 aromatic rings. The lowest BCUT2D eigenvalue weighted by Gasteiger charge is -2.44. The number of rotatable bonds is 8. The third-order valence-corrected chi connectivity index (χ3v) is 8.01. The van der Waals surface area contributed by atoms with Crippen molar-refractivity contribution in [1.29, 1.82) is 0 Å². The van der Waals surface area contributed by atoms with E-state index in [-0.39, 0.29) is 0 Å². The maximum absolute atomic E-state index is 11.6. The molecule has 1 aliphatic heterocycles. The van der Waals surface area contributed by atoms with Gasteiger partial charge in [0.15, 0.2) is 0 Å². The van der Waals surface area contributed by atoms with E-state index < -0.39 is 10.8 Å². The summed E-state index contributed by atoms with van der Waals surface area (Å²) in [5.74, 6) is 0. The van der Waals surface area contributed by atoms with Crippen molar-refractivity contribution in [3.05, 3.63) is 77.4 Å². The monoisotopic (exact) mass is 454 g/mol. The van der Waals surface area contributed by atoms with Crippen LogP contribution in [0.1, 0.15) is 23.1 Å². The van der Waals surface area contributed by atoms with E-state index in [1.54, 1.807) is 0 Å². The van der Waals surface area contributed by atoms with E-state index in [1.807, 2.05) is 46.8 Å². The van der Waals surface area contributed by atoms with Gasteiger partial charge in [-0.2, -0.15) is 4.31 Å². The Kier molecular flexibility index (Phi) is 7.51. The molecule has 172 valence electrons. The van der Waals surface area contributed by atoms with E-state index in [9.17, 15) is 9.11 Å². The zero-order valence-corrected chi connectivity index (χ0v) is 19.9. The average molecular weight is 455 g/mol. The van der Waals surface area contributed by atoms with E-state index in [0.29, 0.717) is 18.0 Å². The van der Waals surface area contributed by atoms with Crippen molar-refractivity contribution in [2.45, 2.75) is 31.7 Å². The van der Waals surface area contributed by atoms with Crippen molar-refractivity contribution >= 4 is 21.5 Å². The van der Waals surface area contributed by atoms with E-state index >= 15 is 0 Å². The number of ether oxygens (including phenoxy) is 1. The summed E-state index contributed by atoms with van der Waals surface area (Å²) in [7, 11) is -3.16. The third-order valence-electron chi connectivity index (χ3n) is 6.03. The highest BCUT2D eigenvalue weighted by atomic mass is 32.3. The number of aryl methyl sites for hydroxylation is 2. The van der Waals surface area contributed by atoms with Gasteiger partial charge in [-0.1, -0.05) is 65.7 Å². The Balaban J connectivity index is 1.61. The van der Waals surface area contributed by atoms with Gasteiger partial charge in [0.1, 0.15) is 0 Å². The number of hydrogen-bond acceptors (Lipinski definition) is 5. The first-order valence-corrected chi connectivity index (χ1v) is 12.8. The maximum Gasteiger partial charge on any atom is 0.0831 e. The zero-order valence-electron chi connectivity index (χ0n) is 19.0. The second-order valence-corrected chi connectivity index (χ2v) is 10.7. The molecule has 3 aromatic carbocycles. The Morgan fingerprint density at radius 1 is 0.938 bits per heavy atom. The molecule has 1 saturated heterocycles. The van der Waals surface area contributed by atoms with Crippen LogP contribution in [-0.2, 0) is 11.3 Å². The third kappa shape index (κ3) is 5.52. The Hall–Kier alpha value is -1.93. The number of nitrogens with zero attached hydrogens (tertiary/aromatic N) is 2. The minimum absolute atomic E-state index is 0.497. The van der Waals surface area contributed by atoms with Crippen LogP contribution in [0.4, 0.5) is 0 Å². The highest BCUT2D eigenvalue weighted by Gasteiger charge is 2.27. The fourth-order valence-corrected chi connectivity index (χ4v) is 6.26. The molecule has 4 rings (SSSR count). The SMILES string of the molecule is Cc1cc(C)cc(CN(CCCN2CCOCC2)S(O)(O)c2cccc3ccccc23)c1. The van der Waals surface area contributed by atoms with Crippen LogP contribution in [0, 0.1) is 13.8 Å². The topological polar surface area (TPSA) is 56.2 Å². The van der Waals surface area contributed by atoms with Crippen LogP contribution < -0.4 is 0 Å². The first-order chi connectivity index (χ1) is 15.4. The van der Waals surface area contributed by atoms with Gasteiger partial charge in [-0.3, -0.25) is 14.0 Å². The van der Waals surface area contributed by atoms with Crippen LogP contribution in [0.5, 0.6) is 0 Å². The summed E-state index contributed by atoms with van der Waals surface area (Å²) in [6.45, 7) is 9.64.